The van der Waals surface area contributed by atoms with Crippen LogP contribution in [0.1, 0.15) is 15.2 Å². The second-order valence-corrected chi connectivity index (χ2v) is 12.4. The number of nitrogens with one attached hydrogen (secondary N) is 1. The number of carbonyl (C=O) groups is 2. The number of halogens is 1. The molecule has 2 aromatic heterocycles. The van der Waals surface area contributed by atoms with Gasteiger partial charge in [-0.3, -0.25) is 4.79 Å². The average molecular weight is 680 g/mol. The van der Waals surface area contributed by atoms with E-state index < -0.39 is 5.97 Å². The number of benzene rings is 4. The second-order valence-electron chi connectivity index (χ2n) is 11.3. The number of carboxylic acid groups (broad SMARTS) is 1. The normalized spacial score (nSPS) is 12.8. The van der Waals surface area contributed by atoms with Gasteiger partial charge in [0.15, 0.2) is 0 Å². The van der Waals surface area contributed by atoms with Crippen molar-refractivity contribution in [2.24, 2.45) is 0 Å². The van der Waals surface area contributed by atoms with Crippen LogP contribution in [0.25, 0.3) is 32.6 Å². The van der Waals surface area contributed by atoms with Gasteiger partial charge in [0.1, 0.15) is 23.8 Å². The summed E-state index contributed by atoms with van der Waals surface area (Å²) in [5.41, 5.74) is 7.10. The molecule has 7 rings (SSSR count). The number of carboxylic acids is 1. The number of ether oxygens (including phenoxy) is 2. The first-order valence-electron chi connectivity index (χ1n) is 15.5. The maximum absolute atomic E-state index is 13.7. The van der Waals surface area contributed by atoms with Crippen LogP contribution < -0.4 is 15.0 Å². The van der Waals surface area contributed by atoms with Crippen molar-refractivity contribution in [2.75, 3.05) is 36.5 Å². The summed E-state index contributed by atoms with van der Waals surface area (Å²) >= 11 is 1.22. The lowest BCUT2D eigenvalue weighted by Crippen LogP contribution is -2.36. The fraction of sp³-hybridized carbons (Fsp3) is 0.158. The van der Waals surface area contributed by atoms with E-state index in [9.17, 15) is 14.7 Å². The van der Waals surface area contributed by atoms with Crippen LogP contribution >= 0.6 is 23.7 Å². The molecule has 1 aliphatic rings. The number of anilines is 2. The first kappa shape index (κ1) is 32.8. The molecule has 244 valence electrons. The Morgan fingerprint density at radius 2 is 1.50 bits per heavy atom. The monoisotopic (exact) mass is 679 g/mol. The molecule has 3 heterocycles. The van der Waals surface area contributed by atoms with Crippen molar-refractivity contribution in [1.82, 2.24) is 4.57 Å². The molecular formula is C38H34ClN3O5S. The topological polar surface area (TPSA) is 93.0 Å². The predicted molar refractivity (Wildman–Crippen MR) is 194 cm³/mol. The van der Waals surface area contributed by atoms with Crippen molar-refractivity contribution in [3.8, 4) is 28.1 Å². The van der Waals surface area contributed by atoms with Gasteiger partial charge in [-0.1, -0.05) is 60.7 Å². The quantitative estimate of drug-likeness (QED) is 0.152. The van der Waals surface area contributed by atoms with Crippen LogP contribution in [-0.4, -0.2) is 47.9 Å². The fourth-order valence-electron chi connectivity index (χ4n) is 5.94. The lowest BCUT2D eigenvalue weighted by molar-refractivity contribution is -0.116. The number of aromatic nitrogens is 1. The van der Waals surface area contributed by atoms with Gasteiger partial charge in [-0.2, -0.15) is 0 Å². The number of hydrogen-bond acceptors (Lipinski definition) is 6. The smallest absolute Gasteiger partial charge is 0.345 e. The largest absolute Gasteiger partial charge is 0.489 e. The Morgan fingerprint density at radius 3 is 2.17 bits per heavy atom. The first-order chi connectivity index (χ1) is 23.0. The molecule has 2 N–H and O–H groups in total. The van der Waals surface area contributed by atoms with Crippen molar-refractivity contribution in [3.05, 3.63) is 126 Å². The van der Waals surface area contributed by atoms with Crippen LogP contribution in [0.3, 0.4) is 0 Å². The molecule has 0 atom stereocenters. The van der Waals surface area contributed by atoms with Crippen LogP contribution in [0, 0.1) is 0 Å². The van der Waals surface area contributed by atoms with Crippen molar-refractivity contribution >= 4 is 57.2 Å². The van der Waals surface area contributed by atoms with Gasteiger partial charge >= 0.3 is 5.97 Å². The van der Waals surface area contributed by atoms with Crippen molar-refractivity contribution in [3.63, 3.8) is 0 Å². The zero-order valence-corrected chi connectivity index (χ0v) is 27.6. The molecule has 1 saturated heterocycles. The fourth-order valence-corrected chi connectivity index (χ4v) is 7.01. The maximum atomic E-state index is 13.7. The molecule has 0 saturated carbocycles. The van der Waals surface area contributed by atoms with Crippen LogP contribution in [-0.2, 0) is 22.7 Å². The Morgan fingerprint density at radius 1 is 0.833 bits per heavy atom. The van der Waals surface area contributed by atoms with E-state index in [4.69, 9.17) is 9.47 Å². The zero-order chi connectivity index (χ0) is 32.2. The molecule has 6 aromatic rings. The molecule has 10 heteroatoms. The number of fused-ring (bicyclic) bond motifs is 1. The van der Waals surface area contributed by atoms with E-state index in [1.165, 1.54) is 11.3 Å². The van der Waals surface area contributed by atoms with Gasteiger partial charge < -0.3 is 29.4 Å². The second kappa shape index (κ2) is 14.8. The number of thiophene rings is 1. The Hall–Kier alpha value is -5.09. The molecule has 1 amide bonds. The summed E-state index contributed by atoms with van der Waals surface area (Å²) in [6.07, 6.45) is 0. The summed E-state index contributed by atoms with van der Waals surface area (Å²) in [5, 5.41) is 12.9. The molecule has 0 spiro atoms. The Bertz CT molecular complexity index is 2000. The van der Waals surface area contributed by atoms with Crippen molar-refractivity contribution in [1.29, 1.82) is 0 Å². The van der Waals surface area contributed by atoms with Crippen LogP contribution in [0.15, 0.2) is 115 Å². The minimum Gasteiger partial charge on any atom is -0.489 e. The van der Waals surface area contributed by atoms with E-state index in [-0.39, 0.29) is 29.7 Å². The van der Waals surface area contributed by atoms with E-state index >= 15 is 0 Å². The molecule has 4 aromatic carbocycles. The molecular weight excluding hydrogens is 646 g/mol. The Balaban J connectivity index is 0.00000401. The van der Waals surface area contributed by atoms with E-state index in [2.05, 4.69) is 10.2 Å². The SMILES string of the molecule is Cl.O=C(Cn1c(-c2ccc(OCc3ccccc3)cc2)c(-c2ccccc2)c2sc(C(=O)O)cc21)Nc1ccc(N2CCOCC2)cc1. The van der Waals surface area contributed by atoms with Crippen LogP contribution in [0.2, 0.25) is 0 Å². The Labute approximate surface area is 288 Å². The van der Waals surface area contributed by atoms with Gasteiger partial charge in [0.05, 0.1) is 29.1 Å². The standard InChI is InChI=1S/C38H33N3O5S.ClH/c42-34(39-29-13-15-30(16-14-29)40-19-21-45-22-20-40)24-41-32-23-33(38(43)44)47-37(32)35(27-9-5-2-6-10-27)36(41)28-11-17-31(18-12-28)46-25-26-7-3-1-4-8-26;/h1-18,23H,19-22,24-25H2,(H,39,42)(H,43,44);1H. The van der Waals surface area contributed by atoms with Gasteiger partial charge in [-0.05, 0) is 71.3 Å². The summed E-state index contributed by atoms with van der Waals surface area (Å²) in [7, 11) is 0. The number of nitrogens with zero attached hydrogens (tertiary/aromatic N) is 2. The molecule has 0 aliphatic carbocycles. The summed E-state index contributed by atoms with van der Waals surface area (Å²) in [5.74, 6) is -0.485. The van der Waals surface area contributed by atoms with E-state index in [1.54, 1.807) is 6.07 Å². The number of aromatic carboxylic acids is 1. The molecule has 0 radical (unpaired) electrons. The minimum atomic E-state index is -0.997. The highest BCUT2D eigenvalue weighted by Gasteiger charge is 2.25. The lowest BCUT2D eigenvalue weighted by atomic mass is 10.0. The average Bonchev–Trinajstić information content (AvgIpc) is 3.67. The van der Waals surface area contributed by atoms with Crippen LogP contribution in [0.4, 0.5) is 11.4 Å². The van der Waals surface area contributed by atoms with E-state index in [1.807, 2.05) is 114 Å². The number of morpholine rings is 1. The lowest BCUT2D eigenvalue weighted by Gasteiger charge is -2.28. The highest BCUT2D eigenvalue weighted by molar-refractivity contribution is 7.21. The molecule has 1 aliphatic heterocycles. The third kappa shape index (κ3) is 7.08. The highest BCUT2D eigenvalue weighted by atomic mass is 35.5. The highest BCUT2D eigenvalue weighted by Crippen LogP contribution is 2.45. The van der Waals surface area contributed by atoms with Gasteiger partial charge in [-0.15, -0.1) is 23.7 Å². The molecule has 8 nitrogen and oxygen atoms in total. The Kier molecular flexibility index (Phi) is 10.1. The first-order valence-corrected chi connectivity index (χ1v) is 16.3. The minimum absolute atomic E-state index is 0. The zero-order valence-electron chi connectivity index (χ0n) is 26.0. The third-order valence-electron chi connectivity index (χ3n) is 8.22. The van der Waals surface area contributed by atoms with Gasteiger partial charge in [0.25, 0.3) is 0 Å². The summed E-state index contributed by atoms with van der Waals surface area (Å²) in [6.45, 7) is 3.51. The van der Waals surface area contributed by atoms with Crippen LogP contribution in [0.5, 0.6) is 5.75 Å². The molecule has 1 fully saturated rings. The van der Waals surface area contributed by atoms with Gasteiger partial charge in [-0.25, -0.2) is 4.79 Å². The maximum Gasteiger partial charge on any atom is 0.345 e. The van der Waals surface area contributed by atoms with Gasteiger partial charge in [0.2, 0.25) is 5.91 Å². The molecule has 0 unspecified atom stereocenters. The number of carbonyl (C=O) groups excluding carboxylic acids is 1. The molecule has 48 heavy (non-hydrogen) atoms. The number of rotatable bonds is 10. The number of hydrogen-bond donors (Lipinski definition) is 2. The number of amides is 1. The summed E-state index contributed by atoms with van der Waals surface area (Å²) in [6, 6.07) is 37.2. The van der Waals surface area contributed by atoms with E-state index in [0.717, 1.165) is 57.2 Å². The van der Waals surface area contributed by atoms with Crippen molar-refractivity contribution < 1.29 is 24.2 Å². The summed E-state index contributed by atoms with van der Waals surface area (Å²) in [4.78, 5) is 28.2. The van der Waals surface area contributed by atoms with Gasteiger partial charge in [0, 0.05) is 30.0 Å². The third-order valence-corrected chi connectivity index (χ3v) is 9.35. The summed E-state index contributed by atoms with van der Waals surface area (Å²) < 4.78 is 14.3. The predicted octanol–water partition coefficient (Wildman–Crippen LogP) is 8.21. The van der Waals surface area contributed by atoms with Crippen molar-refractivity contribution in [2.45, 2.75) is 13.2 Å². The molecule has 0 bridgehead atoms. The van der Waals surface area contributed by atoms with E-state index in [0.29, 0.717) is 31.0 Å².